The average molecular weight is 134 g/mol. The minimum Gasteiger partial charge on any atom is -0.309 e. The molecule has 1 aliphatic carbocycles. The first-order valence-corrected chi connectivity index (χ1v) is 3.59. The summed E-state index contributed by atoms with van der Waals surface area (Å²) in [4.78, 5) is 3.54. The predicted molar refractivity (Wildman–Crippen MR) is 38.0 cm³/mol. The molecule has 0 spiro atoms. The van der Waals surface area contributed by atoms with Crippen LogP contribution in [0.15, 0.2) is 0 Å². The van der Waals surface area contributed by atoms with Gasteiger partial charge in [-0.05, 0) is 12.8 Å². The van der Waals surface area contributed by atoms with Crippen molar-refractivity contribution in [2.24, 2.45) is 0 Å². The zero-order chi connectivity index (χ0) is 7.45. The van der Waals surface area contributed by atoms with E-state index >= 15 is 0 Å². The molecule has 1 aliphatic rings. The fourth-order valence-corrected chi connectivity index (χ4v) is 1.51. The molecule has 1 saturated carbocycles. The Bertz CT molecular complexity index is 188. The predicted octanol–water partition coefficient (Wildman–Crippen LogP) is 2.13. The molecule has 0 aromatic carbocycles. The third kappa shape index (κ3) is 1.11. The maximum absolute atomic E-state index is 8.43. The summed E-state index contributed by atoms with van der Waals surface area (Å²) in [7, 11) is 0. The van der Waals surface area contributed by atoms with Crippen molar-refractivity contribution < 1.29 is 0 Å². The zero-order valence-corrected chi connectivity index (χ0v) is 5.93. The zero-order valence-electron chi connectivity index (χ0n) is 5.93. The van der Waals surface area contributed by atoms with Crippen molar-refractivity contribution in [3.63, 3.8) is 0 Å². The highest BCUT2D eigenvalue weighted by Gasteiger charge is 2.39. The van der Waals surface area contributed by atoms with Crippen LogP contribution in [0.3, 0.4) is 0 Å². The second-order valence-electron chi connectivity index (χ2n) is 2.88. The van der Waals surface area contributed by atoms with E-state index in [4.69, 9.17) is 11.8 Å². The van der Waals surface area contributed by atoms with Gasteiger partial charge in [0.1, 0.15) is 6.42 Å². The minimum atomic E-state index is -0.283. The fraction of sp³-hybridized carbons (Fsp3) is 0.750. The summed E-state index contributed by atoms with van der Waals surface area (Å²) in [6.07, 6.45) is 4.55. The van der Waals surface area contributed by atoms with Crippen LogP contribution in [0.1, 0.15) is 32.1 Å². The molecule has 0 saturated heterocycles. The maximum atomic E-state index is 8.43. The lowest BCUT2D eigenvalue weighted by Crippen LogP contribution is -2.17. The summed E-state index contributed by atoms with van der Waals surface area (Å²) in [6.45, 7) is 6.93. The third-order valence-corrected chi connectivity index (χ3v) is 2.18. The molecule has 0 aliphatic heterocycles. The molecule has 1 fully saturated rings. The second kappa shape index (κ2) is 2.71. The molecule has 0 amide bonds. The van der Waals surface area contributed by atoms with Crippen molar-refractivity contribution in [2.75, 3.05) is 0 Å². The van der Waals surface area contributed by atoms with E-state index in [0.29, 0.717) is 6.42 Å². The Morgan fingerprint density at radius 2 is 2.10 bits per heavy atom. The van der Waals surface area contributed by atoms with Crippen LogP contribution >= 0.6 is 0 Å². The lowest BCUT2D eigenvalue weighted by Gasteiger charge is -2.09. The Balaban J connectivity index is 2.62. The molecule has 52 valence electrons. The van der Waals surface area contributed by atoms with E-state index in [1.54, 1.807) is 0 Å². The number of hydrogen-bond acceptors (Lipinski definition) is 1. The van der Waals surface area contributed by atoms with Crippen LogP contribution in [0.2, 0.25) is 0 Å². The highest BCUT2D eigenvalue weighted by Crippen LogP contribution is 2.35. The number of hydrogen-bond donors (Lipinski definition) is 0. The molecule has 2 nitrogen and oxygen atoms in total. The summed E-state index contributed by atoms with van der Waals surface area (Å²) in [6, 6.07) is 2.09. The van der Waals surface area contributed by atoms with E-state index in [9.17, 15) is 0 Å². The molecule has 10 heavy (non-hydrogen) atoms. The van der Waals surface area contributed by atoms with Crippen molar-refractivity contribution in [3.05, 3.63) is 11.4 Å². The normalized spacial score (nSPS) is 21.4. The molecule has 1 rings (SSSR count). The van der Waals surface area contributed by atoms with Crippen LogP contribution < -0.4 is 0 Å². The van der Waals surface area contributed by atoms with Crippen LogP contribution in [0.4, 0.5) is 0 Å². The monoisotopic (exact) mass is 134 g/mol. The average Bonchev–Trinajstić information content (AvgIpc) is 2.39. The second-order valence-corrected chi connectivity index (χ2v) is 2.88. The Morgan fingerprint density at radius 1 is 1.50 bits per heavy atom. The lowest BCUT2D eigenvalue weighted by atomic mass is 9.95. The van der Waals surface area contributed by atoms with E-state index in [1.165, 1.54) is 0 Å². The van der Waals surface area contributed by atoms with Gasteiger partial charge in [-0.25, -0.2) is 6.57 Å². The number of nitrogens with zero attached hydrogens (tertiary/aromatic N) is 2. The molecule has 0 aromatic rings. The van der Waals surface area contributed by atoms with Crippen molar-refractivity contribution in [3.8, 4) is 6.07 Å². The molecule has 0 radical (unpaired) electrons. The number of rotatable bonds is 1. The Hall–Kier alpha value is -1.02. The molecule has 0 unspecified atom stereocenters. The SMILES string of the molecule is [C-]#[N+]C1(CC#N)CCCC1. The summed E-state index contributed by atoms with van der Waals surface area (Å²) < 4.78 is 0. The third-order valence-electron chi connectivity index (χ3n) is 2.18. The molecule has 0 atom stereocenters. The van der Waals surface area contributed by atoms with E-state index in [2.05, 4.69) is 10.9 Å². The van der Waals surface area contributed by atoms with Gasteiger partial charge >= 0.3 is 0 Å². The van der Waals surface area contributed by atoms with Crippen LogP contribution in [0.5, 0.6) is 0 Å². The summed E-state index contributed by atoms with van der Waals surface area (Å²) in [5.74, 6) is 0. The van der Waals surface area contributed by atoms with Crippen LogP contribution in [0.25, 0.3) is 4.85 Å². The summed E-state index contributed by atoms with van der Waals surface area (Å²) in [5, 5.41) is 8.43. The first kappa shape index (κ1) is 7.09. The van der Waals surface area contributed by atoms with Gasteiger partial charge in [0.05, 0.1) is 6.07 Å². The van der Waals surface area contributed by atoms with Crippen molar-refractivity contribution in [2.45, 2.75) is 37.6 Å². The highest BCUT2D eigenvalue weighted by atomic mass is 14.8. The highest BCUT2D eigenvalue weighted by molar-refractivity contribution is 5.06. The van der Waals surface area contributed by atoms with Gasteiger partial charge < -0.3 is 4.85 Å². The van der Waals surface area contributed by atoms with Gasteiger partial charge in [-0.3, -0.25) is 0 Å². The lowest BCUT2D eigenvalue weighted by molar-refractivity contribution is 0.532. The molecule has 0 aromatic heterocycles. The quantitative estimate of drug-likeness (QED) is 0.505. The molecular weight excluding hydrogens is 124 g/mol. The number of nitriles is 1. The van der Waals surface area contributed by atoms with E-state index < -0.39 is 0 Å². The Labute approximate surface area is 61.3 Å². The summed E-state index contributed by atoms with van der Waals surface area (Å²) in [5.41, 5.74) is -0.283. The Kier molecular flexibility index (Phi) is 1.92. The minimum absolute atomic E-state index is 0.283. The molecule has 2 heteroatoms. The molecular formula is C8H10N2. The van der Waals surface area contributed by atoms with Gasteiger partial charge in [-0.15, -0.1) is 0 Å². The van der Waals surface area contributed by atoms with Gasteiger partial charge in [-0.2, -0.15) is 5.26 Å². The van der Waals surface area contributed by atoms with Gasteiger partial charge in [-0.1, -0.05) is 0 Å². The van der Waals surface area contributed by atoms with Crippen molar-refractivity contribution in [1.29, 1.82) is 5.26 Å². The van der Waals surface area contributed by atoms with Crippen molar-refractivity contribution >= 4 is 0 Å². The first-order valence-electron chi connectivity index (χ1n) is 3.59. The molecule has 0 N–H and O–H groups in total. The Morgan fingerprint density at radius 3 is 2.50 bits per heavy atom. The first-order chi connectivity index (χ1) is 4.83. The standard InChI is InChI=1S/C8H10N2/c1-10-8(6-7-9)4-2-3-5-8/h2-6H2. The smallest absolute Gasteiger partial charge is 0.245 e. The van der Waals surface area contributed by atoms with E-state index in [1.807, 2.05) is 0 Å². The van der Waals surface area contributed by atoms with E-state index in [-0.39, 0.29) is 5.54 Å². The van der Waals surface area contributed by atoms with Crippen LogP contribution in [0, 0.1) is 17.9 Å². The maximum Gasteiger partial charge on any atom is 0.245 e. The molecule has 0 heterocycles. The topological polar surface area (TPSA) is 28.1 Å². The summed E-state index contributed by atoms with van der Waals surface area (Å²) >= 11 is 0. The van der Waals surface area contributed by atoms with Gasteiger partial charge in [0.15, 0.2) is 0 Å². The van der Waals surface area contributed by atoms with Gasteiger partial charge in [0.25, 0.3) is 0 Å². The largest absolute Gasteiger partial charge is 0.309 e. The van der Waals surface area contributed by atoms with Crippen molar-refractivity contribution in [1.82, 2.24) is 0 Å². The molecule has 0 bridgehead atoms. The van der Waals surface area contributed by atoms with Gasteiger partial charge in [0, 0.05) is 12.8 Å². The fourth-order valence-electron chi connectivity index (χ4n) is 1.51. The van der Waals surface area contributed by atoms with Gasteiger partial charge in [0.2, 0.25) is 5.54 Å². The van der Waals surface area contributed by atoms with E-state index in [0.717, 1.165) is 25.7 Å². The van der Waals surface area contributed by atoms with Crippen LogP contribution in [-0.4, -0.2) is 5.54 Å². The van der Waals surface area contributed by atoms with Crippen LogP contribution in [-0.2, 0) is 0 Å².